The van der Waals surface area contributed by atoms with Gasteiger partial charge in [0, 0.05) is 23.6 Å². The van der Waals surface area contributed by atoms with Gasteiger partial charge in [0.05, 0.1) is 5.94 Å². The van der Waals surface area contributed by atoms with Crippen molar-refractivity contribution in [2.24, 2.45) is 0 Å². The van der Waals surface area contributed by atoms with Crippen molar-refractivity contribution < 1.29 is 24.3 Å². The number of aliphatic hydroxyl groups excluding tert-OH is 1. The number of halogens is 1. The van der Waals surface area contributed by atoms with Gasteiger partial charge in [-0.05, 0) is 31.0 Å². The van der Waals surface area contributed by atoms with E-state index in [-0.39, 0.29) is 5.91 Å². The minimum atomic E-state index is -1.20. The fourth-order valence-electron chi connectivity index (χ4n) is 2.37. The first kappa shape index (κ1) is 17.1. The topological polar surface area (TPSA) is 88.0 Å². The number of carbonyl (C=O) groups is 1. The highest BCUT2D eigenvalue weighted by Gasteiger charge is 2.37. The number of benzene rings is 1. The monoisotopic (exact) mass is 327 g/mol. The number of carbonyl (C=O) groups excluding carboxylic acids is 1. The molecule has 3 N–H and O–H groups in total. The fraction of sp³-hybridized carbons (Fsp3) is 0.500. The van der Waals surface area contributed by atoms with Gasteiger partial charge in [-0.3, -0.25) is 4.79 Å². The van der Waals surface area contributed by atoms with Gasteiger partial charge in [-0.25, -0.2) is 0 Å². The molecule has 1 aromatic carbocycles. The van der Waals surface area contributed by atoms with Crippen LogP contribution in [0.4, 0.5) is 0 Å². The van der Waals surface area contributed by atoms with Gasteiger partial charge in [0.2, 0.25) is 5.91 Å². The van der Waals surface area contributed by atoms with Gasteiger partial charge in [-0.15, -0.1) is 0 Å². The van der Waals surface area contributed by atoms with E-state index in [4.69, 9.17) is 21.0 Å². The average Bonchev–Trinajstić information content (AvgIpc) is 2.47. The summed E-state index contributed by atoms with van der Waals surface area (Å²) in [5.41, 5.74) is 1.07. The van der Waals surface area contributed by atoms with E-state index in [0.29, 0.717) is 41.3 Å². The van der Waals surface area contributed by atoms with E-state index in [1.54, 1.807) is 26.0 Å². The summed E-state index contributed by atoms with van der Waals surface area (Å²) in [6, 6.07) is 3.23. The summed E-state index contributed by atoms with van der Waals surface area (Å²) >= 11 is 6.07. The van der Waals surface area contributed by atoms with Crippen molar-refractivity contribution in [3.63, 3.8) is 0 Å². The quantitative estimate of drug-likeness (QED) is 0.559. The van der Waals surface area contributed by atoms with Crippen molar-refractivity contribution in [3.05, 3.63) is 28.3 Å². The third kappa shape index (κ3) is 3.73. The zero-order valence-electron chi connectivity index (χ0n) is 12.5. The smallest absolute Gasteiger partial charge is 0.534 e. The second-order valence-electron chi connectivity index (χ2n) is 5.03. The van der Waals surface area contributed by atoms with E-state index >= 15 is 0 Å². The zero-order valence-corrected chi connectivity index (χ0v) is 13.3. The van der Waals surface area contributed by atoms with Crippen LogP contribution in [0.25, 0.3) is 0 Å². The van der Waals surface area contributed by atoms with Crippen molar-refractivity contribution in [2.75, 3.05) is 6.61 Å². The van der Waals surface area contributed by atoms with Crippen LogP contribution in [0, 0.1) is 0 Å². The molecule has 0 fully saturated rings. The number of rotatable bonds is 5. The van der Waals surface area contributed by atoms with Gasteiger partial charge >= 0.3 is 7.12 Å². The fourth-order valence-corrected chi connectivity index (χ4v) is 2.62. The minimum Gasteiger partial charge on any atom is -0.534 e. The Morgan fingerprint density at radius 3 is 2.95 bits per heavy atom. The van der Waals surface area contributed by atoms with Crippen LogP contribution in [0.5, 0.6) is 5.75 Å². The SMILES string of the molecule is CCOC(O)c1cc(Cl)cc2c1OB(O)[C@@H](NC(=O)CC)C2. The van der Waals surface area contributed by atoms with Crippen LogP contribution < -0.4 is 9.97 Å². The lowest BCUT2D eigenvalue weighted by molar-refractivity contribution is -0.121. The molecule has 0 spiro atoms. The Kier molecular flexibility index (Phi) is 5.69. The van der Waals surface area contributed by atoms with Crippen LogP contribution >= 0.6 is 11.6 Å². The molecule has 6 nitrogen and oxygen atoms in total. The first-order valence-corrected chi connectivity index (χ1v) is 7.60. The molecule has 1 aliphatic heterocycles. The number of ether oxygens (including phenoxy) is 1. The molecule has 1 aliphatic rings. The molecule has 2 rings (SSSR count). The Balaban J connectivity index is 2.30. The molecule has 0 aliphatic carbocycles. The number of hydrogen-bond acceptors (Lipinski definition) is 5. The zero-order chi connectivity index (χ0) is 16.3. The van der Waals surface area contributed by atoms with Crippen molar-refractivity contribution in [3.8, 4) is 5.75 Å². The van der Waals surface area contributed by atoms with Crippen LogP contribution in [-0.4, -0.2) is 35.7 Å². The molecule has 2 atom stereocenters. The molecule has 0 saturated heterocycles. The predicted octanol–water partition coefficient (Wildman–Crippen LogP) is 1.22. The average molecular weight is 328 g/mol. The maximum absolute atomic E-state index is 11.5. The molecule has 8 heteroatoms. The van der Waals surface area contributed by atoms with Gasteiger partial charge < -0.3 is 24.8 Å². The van der Waals surface area contributed by atoms with E-state index < -0.39 is 19.3 Å². The largest absolute Gasteiger partial charge is 0.547 e. The molecule has 0 bridgehead atoms. The lowest BCUT2D eigenvalue weighted by atomic mass is 9.72. The second kappa shape index (κ2) is 7.33. The summed E-state index contributed by atoms with van der Waals surface area (Å²) < 4.78 is 10.6. The summed E-state index contributed by atoms with van der Waals surface area (Å²) in [6.45, 7) is 3.80. The molecule has 1 heterocycles. The van der Waals surface area contributed by atoms with E-state index in [0.717, 1.165) is 0 Å². The number of nitrogens with one attached hydrogen (secondary N) is 1. The van der Waals surface area contributed by atoms with Crippen molar-refractivity contribution >= 4 is 24.6 Å². The van der Waals surface area contributed by atoms with Gasteiger partial charge in [-0.2, -0.15) is 0 Å². The highest BCUT2D eigenvalue weighted by atomic mass is 35.5. The van der Waals surface area contributed by atoms with Crippen LogP contribution in [0.1, 0.15) is 37.7 Å². The molecule has 0 saturated carbocycles. The highest BCUT2D eigenvalue weighted by molar-refractivity contribution is 6.47. The molecule has 1 aromatic rings. The van der Waals surface area contributed by atoms with Gasteiger partial charge in [-0.1, -0.05) is 18.5 Å². The number of aliphatic hydroxyl groups is 1. The van der Waals surface area contributed by atoms with E-state index in [9.17, 15) is 14.9 Å². The summed E-state index contributed by atoms with van der Waals surface area (Å²) in [7, 11) is -1.20. The van der Waals surface area contributed by atoms with E-state index in [2.05, 4.69) is 5.32 Å². The Bertz CT molecular complexity index is 556. The number of amides is 1. The lowest BCUT2D eigenvalue weighted by Crippen LogP contribution is -2.53. The summed E-state index contributed by atoms with van der Waals surface area (Å²) in [5.74, 6) is -0.386. The molecule has 0 radical (unpaired) electrons. The highest BCUT2D eigenvalue weighted by Crippen LogP contribution is 2.36. The molecule has 120 valence electrons. The minimum absolute atomic E-state index is 0.173. The third-order valence-electron chi connectivity index (χ3n) is 3.44. The Labute approximate surface area is 134 Å². The number of fused-ring (bicyclic) bond motifs is 1. The van der Waals surface area contributed by atoms with E-state index in [1.165, 1.54) is 0 Å². The Morgan fingerprint density at radius 1 is 1.59 bits per heavy atom. The summed E-state index contributed by atoms with van der Waals surface area (Å²) in [4.78, 5) is 11.5. The van der Waals surface area contributed by atoms with Crippen molar-refractivity contribution in [1.82, 2.24) is 5.32 Å². The molecular weight excluding hydrogens is 308 g/mol. The Hall–Kier alpha value is -1.28. The van der Waals surface area contributed by atoms with E-state index in [1.807, 2.05) is 0 Å². The van der Waals surface area contributed by atoms with Crippen LogP contribution in [0.3, 0.4) is 0 Å². The summed E-state index contributed by atoms with van der Waals surface area (Å²) in [5, 5.41) is 23.2. The van der Waals surface area contributed by atoms with Crippen LogP contribution in [0.15, 0.2) is 12.1 Å². The normalized spacial score (nSPS) is 18.4. The van der Waals surface area contributed by atoms with Gasteiger partial charge in [0.15, 0.2) is 6.29 Å². The molecule has 1 unspecified atom stereocenters. The number of hydrogen-bond donors (Lipinski definition) is 3. The first-order valence-electron chi connectivity index (χ1n) is 7.22. The van der Waals surface area contributed by atoms with Gasteiger partial charge in [0.25, 0.3) is 0 Å². The molecule has 1 amide bonds. The Morgan fingerprint density at radius 2 is 2.32 bits per heavy atom. The molecular formula is C14H19BClNO5. The third-order valence-corrected chi connectivity index (χ3v) is 3.66. The summed E-state index contributed by atoms with van der Waals surface area (Å²) in [6.07, 6.45) is -0.513. The van der Waals surface area contributed by atoms with Crippen molar-refractivity contribution in [1.29, 1.82) is 0 Å². The first-order chi connectivity index (χ1) is 10.5. The maximum atomic E-state index is 11.5. The predicted molar refractivity (Wildman–Crippen MR) is 82.6 cm³/mol. The van der Waals surface area contributed by atoms with Crippen LogP contribution in [-0.2, 0) is 16.0 Å². The standard InChI is InChI=1S/C14H19BClNO5/c1-3-12(18)17-11-6-8-5-9(16)7-10(14(19)21-4-2)13(8)22-15(11)20/h5,7,11,14,19-20H,3-4,6H2,1-2H3,(H,17,18)/t11-,14?/m0/s1. The lowest BCUT2D eigenvalue weighted by Gasteiger charge is -2.30. The molecule has 22 heavy (non-hydrogen) atoms. The maximum Gasteiger partial charge on any atom is 0.547 e. The second-order valence-corrected chi connectivity index (χ2v) is 5.47. The van der Waals surface area contributed by atoms with Crippen molar-refractivity contribution in [2.45, 2.75) is 38.9 Å². The van der Waals surface area contributed by atoms with Crippen LogP contribution in [0.2, 0.25) is 5.02 Å². The van der Waals surface area contributed by atoms with Gasteiger partial charge in [0.1, 0.15) is 5.75 Å². The molecule has 0 aromatic heterocycles.